The van der Waals surface area contributed by atoms with Gasteiger partial charge in [0.15, 0.2) is 0 Å². The van der Waals surface area contributed by atoms with Crippen molar-refractivity contribution in [2.24, 2.45) is 5.41 Å². The zero-order valence-electron chi connectivity index (χ0n) is 19.7. The monoisotopic (exact) mass is 477 g/mol. The van der Waals surface area contributed by atoms with Crippen LogP contribution in [0.25, 0.3) is 10.9 Å². The van der Waals surface area contributed by atoms with Crippen LogP contribution in [0, 0.1) is 5.41 Å². The number of benzene rings is 1. The van der Waals surface area contributed by atoms with Crippen molar-refractivity contribution in [3.8, 4) is 5.88 Å². The average molecular weight is 478 g/mol. The van der Waals surface area contributed by atoms with Gasteiger partial charge in [0.2, 0.25) is 11.8 Å². The first-order chi connectivity index (χ1) is 16.5. The molecule has 7 nitrogen and oxygen atoms in total. The van der Waals surface area contributed by atoms with Crippen LogP contribution in [0.5, 0.6) is 5.88 Å². The summed E-state index contributed by atoms with van der Waals surface area (Å²) in [4.78, 5) is 23.8. The van der Waals surface area contributed by atoms with Gasteiger partial charge in [0, 0.05) is 46.6 Å². The standard InChI is InChI=1S/C26H31N5O2S/c1-26(25(32)30-20-5-3-4-17-6-9-22(33-2)31-23(17)20)12-10-18(11-13-26)28-16-19-7-8-21-24(29-19)27-14-15-34-21/h3-9,18,28H,10-16H2,1-2H3,(H,27,29)(H,30,32). The minimum absolute atomic E-state index is 0.0583. The number of hydrogen-bond donors (Lipinski definition) is 3. The van der Waals surface area contributed by atoms with Crippen molar-refractivity contribution in [1.29, 1.82) is 0 Å². The Kier molecular flexibility index (Phi) is 6.61. The summed E-state index contributed by atoms with van der Waals surface area (Å²) in [6.07, 6.45) is 3.61. The SMILES string of the molecule is COc1ccc2cccc(NC(=O)C3(C)CCC(NCc4ccc5c(n4)NCCS5)CC3)c2n1. The number of methoxy groups -OCH3 is 1. The smallest absolute Gasteiger partial charge is 0.230 e. The van der Waals surface area contributed by atoms with Crippen molar-refractivity contribution in [2.45, 2.75) is 50.1 Å². The van der Waals surface area contributed by atoms with Gasteiger partial charge in [0.05, 0.1) is 24.0 Å². The van der Waals surface area contributed by atoms with Gasteiger partial charge in [-0.05, 0) is 49.9 Å². The fourth-order valence-electron chi connectivity index (χ4n) is 4.71. The number of carbonyl (C=O) groups is 1. The maximum atomic E-state index is 13.3. The van der Waals surface area contributed by atoms with E-state index in [0.29, 0.717) is 11.9 Å². The summed E-state index contributed by atoms with van der Waals surface area (Å²) < 4.78 is 5.27. The largest absolute Gasteiger partial charge is 0.481 e. The Morgan fingerprint density at radius 2 is 2.03 bits per heavy atom. The van der Waals surface area contributed by atoms with Crippen LogP contribution in [0.4, 0.5) is 11.5 Å². The summed E-state index contributed by atoms with van der Waals surface area (Å²) in [7, 11) is 1.60. The molecule has 5 rings (SSSR count). The molecule has 1 amide bonds. The number of nitrogens with zero attached hydrogens (tertiary/aromatic N) is 2. The summed E-state index contributed by atoms with van der Waals surface area (Å²) in [5.41, 5.74) is 2.14. The summed E-state index contributed by atoms with van der Waals surface area (Å²) in [6, 6.07) is 14.3. The van der Waals surface area contributed by atoms with E-state index in [0.717, 1.165) is 72.6 Å². The lowest BCUT2D eigenvalue weighted by Crippen LogP contribution is -2.42. The highest BCUT2D eigenvalue weighted by Gasteiger charge is 2.37. The van der Waals surface area contributed by atoms with Crippen LogP contribution in [0.1, 0.15) is 38.3 Å². The molecule has 34 heavy (non-hydrogen) atoms. The number of hydrogen-bond acceptors (Lipinski definition) is 7. The first kappa shape index (κ1) is 22.9. The molecule has 1 aliphatic heterocycles. The van der Waals surface area contributed by atoms with Crippen molar-refractivity contribution in [2.75, 3.05) is 30.0 Å². The van der Waals surface area contributed by atoms with Crippen molar-refractivity contribution in [3.05, 3.63) is 48.2 Å². The van der Waals surface area contributed by atoms with Crippen LogP contribution in [0.3, 0.4) is 0 Å². The number of nitrogens with one attached hydrogen (secondary N) is 3. The molecule has 0 atom stereocenters. The molecule has 8 heteroatoms. The number of fused-ring (bicyclic) bond motifs is 2. The number of para-hydroxylation sites is 1. The molecule has 3 aromatic rings. The minimum atomic E-state index is -0.398. The Bertz CT molecular complexity index is 1190. The van der Waals surface area contributed by atoms with Gasteiger partial charge >= 0.3 is 0 Å². The Hall–Kier alpha value is -2.84. The van der Waals surface area contributed by atoms with Crippen LogP contribution in [0.2, 0.25) is 0 Å². The van der Waals surface area contributed by atoms with Gasteiger partial charge in [-0.2, -0.15) is 0 Å². The topological polar surface area (TPSA) is 88.2 Å². The second-order valence-corrected chi connectivity index (χ2v) is 10.5. The molecule has 1 fully saturated rings. The van der Waals surface area contributed by atoms with Crippen molar-refractivity contribution >= 4 is 40.1 Å². The number of anilines is 2. The molecule has 1 saturated carbocycles. The van der Waals surface area contributed by atoms with Gasteiger partial charge in [0.1, 0.15) is 5.82 Å². The van der Waals surface area contributed by atoms with Crippen LogP contribution in [-0.4, -0.2) is 41.3 Å². The molecule has 0 spiro atoms. The van der Waals surface area contributed by atoms with E-state index in [1.165, 1.54) is 4.90 Å². The third-order valence-electron chi connectivity index (χ3n) is 6.93. The predicted molar refractivity (Wildman–Crippen MR) is 138 cm³/mol. The number of thioether (sulfide) groups is 1. The highest BCUT2D eigenvalue weighted by atomic mass is 32.2. The van der Waals surface area contributed by atoms with E-state index in [1.54, 1.807) is 7.11 Å². The van der Waals surface area contributed by atoms with Crippen LogP contribution < -0.4 is 20.7 Å². The van der Waals surface area contributed by atoms with E-state index in [9.17, 15) is 4.79 Å². The Morgan fingerprint density at radius 3 is 2.85 bits per heavy atom. The second kappa shape index (κ2) is 9.80. The van der Waals surface area contributed by atoms with Gasteiger partial charge in [-0.3, -0.25) is 4.79 Å². The fraction of sp³-hybridized carbons (Fsp3) is 0.423. The summed E-state index contributed by atoms with van der Waals surface area (Å²) in [5, 5.41) is 11.2. The maximum Gasteiger partial charge on any atom is 0.230 e. The first-order valence-corrected chi connectivity index (χ1v) is 12.9. The number of aromatic nitrogens is 2. The number of amides is 1. The Balaban J connectivity index is 1.18. The van der Waals surface area contributed by atoms with Crippen LogP contribution in [0.15, 0.2) is 47.4 Å². The predicted octanol–water partition coefficient (Wildman–Crippen LogP) is 4.83. The number of rotatable bonds is 6. The number of ether oxygens (including phenoxy) is 1. The molecule has 0 saturated heterocycles. The first-order valence-electron chi connectivity index (χ1n) is 11.9. The molecule has 1 aromatic carbocycles. The van der Waals surface area contributed by atoms with Crippen LogP contribution >= 0.6 is 11.8 Å². The molecular weight excluding hydrogens is 446 g/mol. The van der Waals surface area contributed by atoms with Gasteiger partial charge in [-0.15, -0.1) is 11.8 Å². The molecule has 178 valence electrons. The van der Waals surface area contributed by atoms with E-state index >= 15 is 0 Å². The maximum absolute atomic E-state index is 13.3. The normalized spacial score (nSPS) is 22.0. The van der Waals surface area contributed by atoms with Gasteiger partial charge in [-0.1, -0.05) is 19.1 Å². The van der Waals surface area contributed by atoms with E-state index in [2.05, 4.69) is 40.0 Å². The summed E-state index contributed by atoms with van der Waals surface area (Å²) in [6.45, 7) is 3.79. The molecule has 2 aromatic heterocycles. The Morgan fingerprint density at radius 1 is 1.18 bits per heavy atom. The minimum Gasteiger partial charge on any atom is -0.481 e. The third kappa shape index (κ3) is 4.83. The van der Waals surface area contributed by atoms with Crippen molar-refractivity contribution in [1.82, 2.24) is 15.3 Å². The molecular formula is C26H31N5O2S. The Labute approximate surface area is 204 Å². The zero-order chi connectivity index (χ0) is 23.5. The number of carbonyl (C=O) groups excluding carboxylic acids is 1. The molecule has 2 aliphatic rings. The molecule has 3 heterocycles. The van der Waals surface area contributed by atoms with E-state index in [-0.39, 0.29) is 5.91 Å². The van der Waals surface area contributed by atoms with Gasteiger partial charge < -0.3 is 20.7 Å². The molecule has 3 N–H and O–H groups in total. The highest BCUT2D eigenvalue weighted by molar-refractivity contribution is 7.99. The molecule has 0 bridgehead atoms. The van der Waals surface area contributed by atoms with Crippen LogP contribution in [-0.2, 0) is 11.3 Å². The highest BCUT2D eigenvalue weighted by Crippen LogP contribution is 2.38. The van der Waals surface area contributed by atoms with Gasteiger partial charge in [-0.25, -0.2) is 9.97 Å². The average Bonchev–Trinajstić information content (AvgIpc) is 2.88. The third-order valence-corrected chi connectivity index (χ3v) is 7.98. The fourth-order valence-corrected chi connectivity index (χ4v) is 5.55. The number of pyridine rings is 2. The summed E-state index contributed by atoms with van der Waals surface area (Å²) >= 11 is 1.86. The quantitative estimate of drug-likeness (QED) is 0.468. The lowest BCUT2D eigenvalue weighted by atomic mass is 9.73. The van der Waals surface area contributed by atoms with Gasteiger partial charge in [0.25, 0.3) is 0 Å². The second-order valence-electron chi connectivity index (χ2n) is 9.33. The molecule has 0 radical (unpaired) electrons. The van der Waals surface area contributed by atoms with E-state index < -0.39 is 5.41 Å². The van der Waals surface area contributed by atoms with E-state index in [1.807, 2.05) is 42.1 Å². The van der Waals surface area contributed by atoms with Crippen molar-refractivity contribution in [3.63, 3.8) is 0 Å². The van der Waals surface area contributed by atoms with E-state index in [4.69, 9.17) is 9.72 Å². The molecule has 1 aliphatic carbocycles. The lowest BCUT2D eigenvalue weighted by Gasteiger charge is -2.36. The zero-order valence-corrected chi connectivity index (χ0v) is 20.5. The summed E-state index contributed by atoms with van der Waals surface area (Å²) in [5.74, 6) is 2.69. The van der Waals surface area contributed by atoms with Crippen molar-refractivity contribution < 1.29 is 9.53 Å². The lowest BCUT2D eigenvalue weighted by molar-refractivity contribution is -0.126. The molecule has 0 unspecified atom stereocenters.